The normalized spacial score (nSPS) is 10.6. The van der Waals surface area contributed by atoms with E-state index in [0.29, 0.717) is 6.61 Å². The summed E-state index contributed by atoms with van der Waals surface area (Å²) in [5, 5.41) is 6.11. The van der Waals surface area contributed by atoms with Crippen LogP contribution in [0.3, 0.4) is 0 Å². The molecular formula is C18H18ClN3OS. The molecular weight excluding hydrogens is 342 g/mol. The molecule has 4 nitrogen and oxygen atoms in total. The summed E-state index contributed by atoms with van der Waals surface area (Å²) < 4.78 is 5.50. The lowest BCUT2D eigenvalue weighted by molar-refractivity contribution is 0.342. The summed E-state index contributed by atoms with van der Waals surface area (Å²) >= 11 is 7.79. The molecule has 0 atom stereocenters. The molecule has 0 aliphatic heterocycles. The smallest absolute Gasteiger partial charge is 0.130 e. The fourth-order valence-corrected chi connectivity index (χ4v) is 3.34. The highest BCUT2D eigenvalue weighted by Crippen LogP contribution is 2.30. The number of hydrogen-bond donors (Lipinski definition) is 1. The van der Waals surface area contributed by atoms with E-state index in [0.717, 1.165) is 45.7 Å². The van der Waals surface area contributed by atoms with Crippen molar-refractivity contribution in [2.45, 2.75) is 13.3 Å². The summed E-state index contributed by atoms with van der Waals surface area (Å²) in [6, 6.07) is 11.8. The molecule has 2 heterocycles. The predicted octanol–water partition coefficient (Wildman–Crippen LogP) is 4.91. The molecule has 0 bridgehead atoms. The molecule has 3 rings (SSSR count). The van der Waals surface area contributed by atoms with E-state index in [1.807, 2.05) is 48.7 Å². The molecule has 2 aromatic heterocycles. The molecule has 0 saturated heterocycles. The van der Waals surface area contributed by atoms with Crippen LogP contribution < -0.4 is 10.1 Å². The van der Waals surface area contributed by atoms with E-state index in [-0.39, 0.29) is 0 Å². The molecule has 124 valence electrons. The van der Waals surface area contributed by atoms with Crippen LogP contribution in [0.4, 0.5) is 5.82 Å². The first kappa shape index (κ1) is 16.7. The average molecular weight is 360 g/mol. The summed E-state index contributed by atoms with van der Waals surface area (Å²) in [5.74, 6) is 1.68. The van der Waals surface area contributed by atoms with Gasteiger partial charge in [0.15, 0.2) is 0 Å². The van der Waals surface area contributed by atoms with Crippen LogP contribution in [-0.2, 0) is 6.42 Å². The third-order valence-electron chi connectivity index (χ3n) is 3.46. The van der Waals surface area contributed by atoms with Gasteiger partial charge in [0.2, 0.25) is 0 Å². The van der Waals surface area contributed by atoms with Crippen molar-refractivity contribution in [2.75, 3.05) is 18.5 Å². The maximum Gasteiger partial charge on any atom is 0.130 e. The maximum atomic E-state index is 6.18. The Morgan fingerprint density at radius 1 is 1.21 bits per heavy atom. The fourth-order valence-electron chi connectivity index (χ4n) is 2.31. The van der Waals surface area contributed by atoms with E-state index in [2.05, 4.69) is 15.3 Å². The number of nitrogens with zero attached hydrogens (tertiary/aromatic N) is 2. The first-order valence-corrected chi connectivity index (χ1v) is 9.03. The highest BCUT2D eigenvalue weighted by atomic mass is 35.5. The van der Waals surface area contributed by atoms with Crippen molar-refractivity contribution in [2.24, 2.45) is 0 Å². The number of thiophene rings is 1. The van der Waals surface area contributed by atoms with Crippen molar-refractivity contribution in [3.05, 3.63) is 58.7 Å². The minimum atomic E-state index is 0.662. The zero-order chi connectivity index (χ0) is 16.8. The molecule has 0 spiro atoms. The van der Waals surface area contributed by atoms with Crippen LogP contribution >= 0.6 is 22.9 Å². The fraction of sp³-hybridized carbons (Fsp3) is 0.222. The molecule has 1 N–H and O–H groups in total. The number of aromatic nitrogens is 2. The van der Waals surface area contributed by atoms with E-state index in [1.165, 1.54) is 0 Å². The van der Waals surface area contributed by atoms with E-state index < -0.39 is 0 Å². The van der Waals surface area contributed by atoms with Crippen molar-refractivity contribution >= 4 is 28.8 Å². The number of hydrogen-bond acceptors (Lipinski definition) is 5. The average Bonchev–Trinajstić information content (AvgIpc) is 3.06. The van der Waals surface area contributed by atoms with Crippen LogP contribution in [0.15, 0.2) is 48.1 Å². The molecule has 0 aliphatic rings. The molecule has 3 aromatic rings. The quantitative estimate of drug-likeness (QED) is 0.651. The van der Waals surface area contributed by atoms with E-state index in [9.17, 15) is 0 Å². The van der Waals surface area contributed by atoms with Gasteiger partial charge in [-0.2, -0.15) is 0 Å². The summed E-state index contributed by atoms with van der Waals surface area (Å²) in [6.45, 7) is 3.40. The molecule has 0 radical (unpaired) electrons. The first-order chi connectivity index (χ1) is 11.8. The third-order valence-corrected chi connectivity index (χ3v) is 4.76. The molecule has 24 heavy (non-hydrogen) atoms. The Kier molecular flexibility index (Phi) is 5.67. The third kappa shape index (κ3) is 4.24. The van der Waals surface area contributed by atoms with Gasteiger partial charge in [-0.05, 0) is 25.0 Å². The van der Waals surface area contributed by atoms with Crippen molar-refractivity contribution < 1.29 is 4.74 Å². The number of rotatable bonds is 7. The van der Waals surface area contributed by atoms with Crippen LogP contribution in [0.2, 0.25) is 5.02 Å². The Hall–Kier alpha value is -2.11. The largest absolute Gasteiger partial charge is 0.493 e. The Labute approximate surface area is 150 Å². The van der Waals surface area contributed by atoms with Gasteiger partial charge in [0.25, 0.3) is 0 Å². The lowest BCUT2D eigenvalue weighted by Crippen LogP contribution is -2.06. The van der Waals surface area contributed by atoms with Gasteiger partial charge in [0.1, 0.15) is 17.9 Å². The zero-order valence-electron chi connectivity index (χ0n) is 13.3. The molecule has 0 unspecified atom stereocenters. The molecule has 0 aliphatic carbocycles. The summed E-state index contributed by atoms with van der Waals surface area (Å²) in [6.07, 6.45) is 2.42. The standard InChI is InChI=1S/C18H18ClN3OS/c1-2-23-14-9-17(24-11-14)16-10-18(22-12-21-16)20-8-7-13-5-3-4-6-15(13)19/h3-6,9-12H,2,7-8H2,1H3,(H,20,21,22). The van der Waals surface area contributed by atoms with Crippen LogP contribution in [0.1, 0.15) is 12.5 Å². The summed E-state index contributed by atoms with van der Waals surface area (Å²) in [5.41, 5.74) is 2.02. The minimum Gasteiger partial charge on any atom is -0.493 e. The number of halogens is 1. The number of ether oxygens (including phenoxy) is 1. The molecule has 0 amide bonds. The lowest BCUT2D eigenvalue weighted by Gasteiger charge is -2.07. The molecule has 6 heteroatoms. The van der Waals surface area contributed by atoms with Crippen LogP contribution in [0.5, 0.6) is 5.75 Å². The van der Waals surface area contributed by atoms with Gasteiger partial charge < -0.3 is 10.1 Å². The second-order valence-electron chi connectivity index (χ2n) is 5.14. The van der Waals surface area contributed by atoms with E-state index in [4.69, 9.17) is 16.3 Å². The highest BCUT2D eigenvalue weighted by Gasteiger charge is 2.06. The Morgan fingerprint density at radius 2 is 2.08 bits per heavy atom. The number of anilines is 1. The highest BCUT2D eigenvalue weighted by molar-refractivity contribution is 7.13. The van der Waals surface area contributed by atoms with Gasteiger partial charge in [-0.3, -0.25) is 0 Å². The first-order valence-electron chi connectivity index (χ1n) is 7.77. The van der Waals surface area contributed by atoms with Crippen LogP contribution in [-0.4, -0.2) is 23.1 Å². The maximum absolute atomic E-state index is 6.18. The predicted molar refractivity (Wildman–Crippen MR) is 100 cm³/mol. The van der Waals surface area contributed by atoms with Gasteiger partial charge in [-0.15, -0.1) is 11.3 Å². The zero-order valence-corrected chi connectivity index (χ0v) is 14.9. The molecule has 1 aromatic carbocycles. The van der Waals surface area contributed by atoms with Crippen LogP contribution in [0.25, 0.3) is 10.6 Å². The second-order valence-corrected chi connectivity index (χ2v) is 6.45. The van der Waals surface area contributed by atoms with Crippen molar-refractivity contribution in [3.8, 4) is 16.3 Å². The Bertz CT molecular complexity index is 806. The van der Waals surface area contributed by atoms with Crippen molar-refractivity contribution in [1.29, 1.82) is 0 Å². The molecule has 0 saturated carbocycles. The minimum absolute atomic E-state index is 0.662. The number of nitrogens with one attached hydrogen (secondary N) is 1. The van der Waals surface area contributed by atoms with Gasteiger partial charge in [0.05, 0.1) is 17.2 Å². The topological polar surface area (TPSA) is 47.0 Å². The van der Waals surface area contributed by atoms with E-state index in [1.54, 1.807) is 17.7 Å². The van der Waals surface area contributed by atoms with Gasteiger partial charge in [0, 0.05) is 29.1 Å². The second kappa shape index (κ2) is 8.13. The van der Waals surface area contributed by atoms with E-state index >= 15 is 0 Å². The van der Waals surface area contributed by atoms with Gasteiger partial charge >= 0.3 is 0 Å². The Balaban J connectivity index is 1.63. The SMILES string of the molecule is CCOc1csc(-c2cc(NCCc3ccccc3Cl)ncn2)c1. The monoisotopic (exact) mass is 359 g/mol. The number of benzene rings is 1. The lowest BCUT2D eigenvalue weighted by atomic mass is 10.1. The summed E-state index contributed by atoms with van der Waals surface area (Å²) in [7, 11) is 0. The van der Waals surface area contributed by atoms with Gasteiger partial charge in [-0.1, -0.05) is 29.8 Å². The van der Waals surface area contributed by atoms with Gasteiger partial charge in [-0.25, -0.2) is 9.97 Å². The summed E-state index contributed by atoms with van der Waals surface area (Å²) in [4.78, 5) is 9.69. The van der Waals surface area contributed by atoms with Crippen LogP contribution in [0, 0.1) is 0 Å². The molecule has 0 fully saturated rings. The van der Waals surface area contributed by atoms with Crippen molar-refractivity contribution in [3.63, 3.8) is 0 Å². The Morgan fingerprint density at radius 3 is 2.92 bits per heavy atom. The van der Waals surface area contributed by atoms with Crippen molar-refractivity contribution in [1.82, 2.24) is 9.97 Å².